The minimum atomic E-state index is -3.57. The summed E-state index contributed by atoms with van der Waals surface area (Å²) in [7, 11) is -1.88. The minimum absolute atomic E-state index is 0.0728. The van der Waals surface area contributed by atoms with Gasteiger partial charge in [-0.3, -0.25) is 0 Å². The summed E-state index contributed by atoms with van der Waals surface area (Å²) in [5.74, 6) is 0. The van der Waals surface area contributed by atoms with E-state index < -0.39 is 46.3 Å². The molecule has 1 heterocycles. The van der Waals surface area contributed by atoms with Crippen LogP contribution in [0.3, 0.4) is 0 Å². The summed E-state index contributed by atoms with van der Waals surface area (Å²) in [6.45, 7) is 19.1. The molecule has 0 spiro atoms. The van der Waals surface area contributed by atoms with Crippen LogP contribution in [0.5, 0.6) is 0 Å². The Kier molecular flexibility index (Phi) is 6.28. The van der Waals surface area contributed by atoms with Crippen molar-refractivity contribution in [1.82, 2.24) is 0 Å². The summed E-state index contributed by atoms with van der Waals surface area (Å²) in [4.78, 5) is 0. The second-order valence-electron chi connectivity index (χ2n) is 10.8. The topological polar surface area (TPSA) is 18.5 Å². The molecular weight excluding hydrogens is 574 g/mol. The number of rotatable bonds is 2. The predicted octanol–water partition coefficient (Wildman–Crippen LogP) is 5.58. The van der Waals surface area contributed by atoms with Crippen molar-refractivity contribution in [3.8, 4) is 0 Å². The van der Waals surface area contributed by atoms with Gasteiger partial charge in [0.1, 0.15) is 0 Å². The third-order valence-corrected chi connectivity index (χ3v) is 59.3. The fraction of sp³-hybridized carbons (Fsp3) is 0.478. The Morgan fingerprint density at radius 2 is 1.11 bits per heavy atom. The maximum atomic E-state index is 7.73. The van der Waals surface area contributed by atoms with Crippen LogP contribution < -0.4 is 7.16 Å². The molecule has 0 saturated carbocycles. The Labute approximate surface area is 182 Å². The van der Waals surface area contributed by atoms with Gasteiger partial charge in [0.15, 0.2) is 0 Å². The summed E-state index contributed by atoms with van der Waals surface area (Å²) in [6, 6.07) is 22.3. The normalized spacial score (nSPS) is 21.3. The Morgan fingerprint density at radius 1 is 0.714 bits per heavy atom. The molecule has 152 valence electrons. The third kappa shape index (κ3) is 4.03. The van der Waals surface area contributed by atoms with E-state index in [1.54, 1.807) is 0 Å². The first-order valence-corrected chi connectivity index (χ1v) is 24.7. The molecule has 0 radical (unpaired) electrons. The fourth-order valence-electron chi connectivity index (χ4n) is 4.97. The first-order chi connectivity index (χ1) is 12.8. The van der Waals surface area contributed by atoms with Crippen molar-refractivity contribution in [3.63, 3.8) is 0 Å². The van der Waals surface area contributed by atoms with Crippen molar-refractivity contribution in [3.05, 3.63) is 60.7 Å². The van der Waals surface area contributed by atoms with Crippen LogP contribution in [0.25, 0.3) is 0 Å². The molecule has 0 bridgehead atoms. The van der Waals surface area contributed by atoms with Crippen LogP contribution in [0, 0.1) is 0 Å². The van der Waals surface area contributed by atoms with Crippen molar-refractivity contribution < 1.29 is 4.17 Å². The van der Waals surface area contributed by atoms with Crippen LogP contribution in [0.2, 0.25) is 24.0 Å². The first-order valence-electron chi connectivity index (χ1n) is 10.3. The van der Waals surface area contributed by atoms with Gasteiger partial charge in [-0.25, -0.2) is 0 Å². The van der Waals surface area contributed by atoms with Crippen molar-refractivity contribution in [2.24, 2.45) is 0 Å². The Morgan fingerprint density at radius 3 is 1.46 bits per heavy atom. The molecule has 2 aromatic rings. The summed E-state index contributed by atoms with van der Waals surface area (Å²) >= 11 is -6.97. The number of hydrogen-bond acceptors (Lipinski definition) is 2. The van der Waals surface area contributed by atoms with Crippen molar-refractivity contribution >= 4 is 53.5 Å². The van der Waals surface area contributed by atoms with E-state index in [1.807, 2.05) is 0 Å². The van der Waals surface area contributed by atoms with Crippen LogP contribution in [0.4, 0.5) is 0 Å². The molecule has 1 aliphatic rings. The van der Waals surface area contributed by atoms with E-state index in [0.29, 0.717) is 0 Å². The molecule has 2 aromatic carbocycles. The molecule has 0 aromatic heterocycles. The SMILES string of the molecule is C[C](C)(C)[Sn]1([C](C)(C)C)[O][Si](C)(C)[CH2][Sn]([c]2ccccc2)([c]2ccccc2)[O]1. The number of hydrogen-bond donors (Lipinski definition) is 0. The van der Waals surface area contributed by atoms with E-state index in [2.05, 4.69) is 115 Å². The molecule has 2 nitrogen and oxygen atoms in total. The van der Waals surface area contributed by atoms with E-state index in [9.17, 15) is 0 Å². The summed E-state index contributed by atoms with van der Waals surface area (Å²) in [5.41, 5.74) is 0. The second kappa shape index (κ2) is 7.70. The van der Waals surface area contributed by atoms with Gasteiger partial charge in [0.2, 0.25) is 0 Å². The zero-order valence-electron chi connectivity index (χ0n) is 18.8. The molecule has 1 fully saturated rings. The Bertz CT molecular complexity index is 754. The van der Waals surface area contributed by atoms with Crippen molar-refractivity contribution in [2.45, 2.75) is 65.6 Å². The van der Waals surface area contributed by atoms with E-state index in [1.165, 1.54) is 7.16 Å². The predicted molar refractivity (Wildman–Crippen MR) is 128 cm³/mol. The molecule has 5 heteroatoms. The molecule has 1 saturated heterocycles. The average molecular weight is 610 g/mol. The van der Waals surface area contributed by atoms with Crippen LogP contribution in [0.15, 0.2) is 60.7 Å². The van der Waals surface area contributed by atoms with Gasteiger partial charge in [0.05, 0.1) is 0 Å². The van der Waals surface area contributed by atoms with Gasteiger partial charge in [-0.15, -0.1) is 0 Å². The molecule has 1 aliphatic heterocycles. The number of benzene rings is 2. The summed E-state index contributed by atoms with van der Waals surface area (Å²) in [5, 5.41) is 0. The van der Waals surface area contributed by atoms with E-state index in [4.69, 9.17) is 4.17 Å². The van der Waals surface area contributed by atoms with Gasteiger partial charge in [0, 0.05) is 0 Å². The second-order valence-corrected chi connectivity index (χ2v) is 44.3. The summed E-state index contributed by atoms with van der Waals surface area (Å²) < 4.78 is 19.2. The van der Waals surface area contributed by atoms with Crippen LogP contribution in [-0.2, 0) is 4.17 Å². The molecule has 0 atom stereocenters. The standard InChI is InChI=1S/2C6H5.2C4H9.C3H8OSi.O.2Sn/c2*1-2-4-6-5-3-1;2*1-4(2)3;1-5(2,3)4;;;/h2*1-5H;2*1-3H3;1H2,2-3H3;;;/q;;;;-1;;;+1. The zero-order chi connectivity index (χ0) is 20.8. The van der Waals surface area contributed by atoms with Crippen molar-refractivity contribution in [1.29, 1.82) is 0 Å². The molecule has 28 heavy (non-hydrogen) atoms. The van der Waals surface area contributed by atoms with Gasteiger partial charge in [-0.2, -0.15) is 0 Å². The summed E-state index contributed by atoms with van der Waals surface area (Å²) in [6.07, 6.45) is 0. The van der Waals surface area contributed by atoms with Crippen LogP contribution in [0.1, 0.15) is 41.5 Å². The molecule has 0 amide bonds. The van der Waals surface area contributed by atoms with Gasteiger partial charge in [-0.05, 0) is 0 Å². The average Bonchev–Trinajstić information content (AvgIpc) is 2.60. The molecule has 0 unspecified atom stereocenters. The van der Waals surface area contributed by atoms with Gasteiger partial charge < -0.3 is 0 Å². The van der Waals surface area contributed by atoms with Gasteiger partial charge in [0.25, 0.3) is 0 Å². The Hall–Kier alpha value is 0.174. The van der Waals surface area contributed by atoms with Gasteiger partial charge >= 0.3 is 184 Å². The first kappa shape index (κ1) is 22.9. The van der Waals surface area contributed by atoms with E-state index in [0.717, 1.165) is 4.06 Å². The fourth-order valence-corrected chi connectivity index (χ4v) is 87.1. The quantitative estimate of drug-likeness (QED) is 0.414. The maximum absolute atomic E-state index is 7.73. The monoisotopic (exact) mass is 612 g/mol. The van der Waals surface area contributed by atoms with Crippen LogP contribution >= 0.6 is 0 Å². The van der Waals surface area contributed by atoms with Crippen LogP contribution in [-0.4, -0.2) is 46.3 Å². The zero-order valence-corrected chi connectivity index (χ0v) is 25.5. The molecule has 0 N–H and O–H groups in total. The van der Waals surface area contributed by atoms with E-state index in [-0.39, 0.29) is 6.86 Å². The van der Waals surface area contributed by atoms with E-state index >= 15 is 0 Å². The molecule has 0 aliphatic carbocycles. The third-order valence-electron chi connectivity index (χ3n) is 5.87. The van der Waals surface area contributed by atoms with Crippen molar-refractivity contribution in [2.75, 3.05) is 0 Å². The molecule has 3 rings (SSSR count). The Balaban J connectivity index is 2.34. The van der Waals surface area contributed by atoms with Gasteiger partial charge in [-0.1, -0.05) is 0 Å². The molecular formula is C23H36O2SiSn2.